The van der Waals surface area contributed by atoms with Gasteiger partial charge < -0.3 is 10.2 Å². The second kappa shape index (κ2) is 15.2. The molecule has 0 aliphatic heterocycles. The fraction of sp³-hybridized carbons (Fsp3) is 0.257. The summed E-state index contributed by atoms with van der Waals surface area (Å²) in [5.41, 5.74) is 3.10. The smallest absolute Gasteiger partial charge is 0.264 e. The first-order valence-corrected chi connectivity index (χ1v) is 16.9. The van der Waals surface area contributed by atoms with Gasteiger partial charge in [-0.15, -0.1) is 0 Å². The minimum atomic E-state index is -4.13. The molecule has 0 aliphatic rings. The summed E-state index contributed by atoms with van der Waals surface area (Å²) in [5.74, 6) is -0.551. The SMILES string of the molecule is CCNC(=O)[C@@H](Cc1ccccc1)N(Cc1cccc(Br)c1)C(=O)CN(c1ccc(C(C)C)cc1)S(=O)(=O)c1ccccc1. The van der Waals surface area contributed by atoms with Crippen LogP contribution in [0.25, 0.3) is 0 Å². The fourth-order valence-electron chi connectivity index (χ4n) is 4.95. The molecule has 0 unspecified atom stereocenters. The third-order valence-corrected chi connectivity index (χ3v) is 9.60. The van der Waals surface area contributed by atoms with E-state index in [1.165, 1.54) is 17.0 Å². The Hall–Kier alpha value is -3.95. The minimum absolute atomic E-state index is 0.0730. The molecule has 1 N–H and O–H groups in total. The molecule has 0 saturated carbocycles. The number of carbonyl (C=O) groups excluding carboxylic acids is 2. The summed E-state index contributed by atoms with van der Waals surface area (Å²) in [6.07, 6.45) is 0.265. The van der Waals surface area contributed by atoms with Crippen molar-refractivity contribution in [1.82, 2.24) is 10.2 Å². The molecule has 44 heavy (non-hydrogen) atoms. The Kier molecular flexibility index (Phi) is 11.4. The molecule has 2 amide bonds. The van der Waals surface area contributed by atoms with Crippen LogP contribution < -0.4 is 9.62 Å². The molecule has 4 aromatic rings. The van der Waals surface area contributed by atoms with Crippen LogP contribution in [-0.4, -0.2) is 44.3 Å². The zero-order valence-corrected chi connectivity index (χ0v) is 27.6. The van der Waals surface area contributed by atoms with E-state index in [2.05, 4.69) is 35.1 Å². The van der Waals surface area contributed by atoms with E-state index in [1.54, 1.807) is 30.3 Å². The molecule has 1 atom stereocenters. The fourth-order valence-corrected chi connectivity index (χ4v) is 6.83. The number of hydrogen-bond donors (Lipinski definition) is 1. The van der Waals surface area contributed by atoms with E-state index in [-0.39, 0.29) is 29.7 Å². The van der Waals surface area contributed by atoms with Crippen LogP contribution in [0, 0.1) is 0 Å². The molecule has 0 bridgehead atoms. The summed E-state index contributed by atoms with van der Waals surface area (Å²) in [4.78, 5) is 29.6. The Morgan fingerprint density at radius 1 is 0.818 bits per heavy atom. The molecule has 0 aromatic heterocycles. The van der Waals surface area contributed by atoms with Crippen molar-refractivity contribution in [1.29, 1.82) is 0 Å². The van der Waals surface area contributed by atoms with Gasteiger partial charge in [-0.25, -0.2) is 8.42 Å². The van der Waals surface area contributed by atoms with Crippen molar-refractivity contribution in [3.05, 3.63) is 130 Å². The highest BCUT2D eigenvalue weighted by Gasteiger charge is 2.34. The number of amides is 2. The molecule has 230 valence electrons. The maximum absolute atomic E-state index is 14.4. The quantitative estimate of drug-likeness (QED) is 0.174. The van der Waals surface area contributed by atoms with Gasteiger partial charge >= 0.3 is 0 Å². The predicted molar refractivity (Wildman–Crippen MR) is 179 cm³/mol. The van der Waals surface area contributed by atoms with Crippen LogP contribution in [0.4, 0.5) is 5.69 Å². The highest BCUT2D eigenvalue weighted by molar-refractivity contribution is 9.10. The third-order valence-electron chi connectivity index (χ3n) is 7.32. The number of carbonyl (C=O) groups is 2. The molecule has 7 nitrogen and oxygen atoms in total. The van der Waals surface area contributed by atoms with E-state index < -0.39 is 28.5 Å². The van der Waals surface area contributed by atoms with Gasteiger partial charge in [-0.3, -0.25) is 13.9 Å². The third kappa shape index (κ3) is 8.36. The second-order valence-electron chi connectivity index (χ2n) is 10.8. The Morgan fingerprint density at radius 3 is 2.02 bits per heavy atom. The van der Waals surface area contributed by atoms with Gasteiger partial charge in [0.1, 0.15) is 12.6 Å². The van der Waals surface area contributed by atoms with Crippen LogP contribution in [0.5, 0.6) is 0 Å². The molecular weight excluding hydrogens is 638 g/mol. The van der Waals surface area contributed by atoms with Crippen LogP contribution in [0.2, 0.25) is 0 Å². The molecule has 4 rings (SSSR count). The lowest BCUT2D eigenvalue weighted by atomic mass is 10.0. The molecule has 9 heteroatoms. The Bertz CT molecular complexity index is 1650. The van der Waals surface area contributed by atoms with Gasteiger partial charge in [0.25, 0.3) is 10.0 Å². The maximum Gasteiger partial charge on any atom is 0.264 e. The number of benzene rings is 4. The standard InChI is InChI=1S/C35H38BrN3O4S/c1-4-37-35(41)33(23-27-12-7-5-8-13-27)38(24-28-14-11-15-30(36)22-28)34(40)25-39(31-20-18-29(19-21-31)26(2)3)44(42,43)32-16-9-6-10-17-32/h5-22,26,33H,4,23-25H2,1-3H3,(H,37,41)/t33-/m1/s1. The summed E-state index contributed by atoms with van der Waals surface area (Å²) in [5, 5.41) is 2.88. The number of rotatable bonds is 13. The van der Waals surface area contributed by atoms with Crippen molar-refractivity contribution in [2.24, 2.45) is 0 Å². The van der Waals surface area contributed by atoms with Crippen molar-refractivity contribution in [3.8, 4) is 0 Å². The number of nitrogens with zero attached hydrogens (tertiary/aromatic N) is 2. The molecule has 4 aromatic carbocycles. The van der Waals surface area contributed by atoms with Crippen LogP contribution in [0.3, 0.4) is 0 Å². The van der Waals surface area contributed by atoms with Gasteiger partial charge in [-0.2, -0.15) is 0 Å². The summed E-state index contributed by atoms with van der Waals surface area (Å²) in [6.45, 7) is 5.96. The maximum atomic E-state index is 14.4. The highest BCUT2D eigenvalue weighted by atomic mass is 79.9. The number of anilines is 1. The average Bonchev–Trinajstić information content (AvgIpc) is 3.02. The molecule has 0 spiro atoms. The second-order valence-corrected chi connectivity index (χ2v) is 13.6. The summed E-state index contributed by atoms with van der Waals surface area (Å²) in [7, 11) is -4.13. The first kappa shape index (κ1) is 33.0. The van der Waals surface area contributed by atoms with Gasteiger partial charge in [0, 0.05) is 24.0 Å². The Balaban J connectivity index is 1.79. The van der Waals surface area contributed by atoms with E-state index in [1.807, 2.05) is 73.7 Å². The van der Waals surface area contributed by atoms with Crippen molar-refractivity contribution in [3.63, 3.8) is 0 Å². The van der Waals surface area contributed by atoms with Gasteiger partial charge in [0.2, 0.25) is 11.8 Å². The molecule has 0 heterocycles. The van der Waals surface area contributed by atoms with Crippen molar-refractivity contribution in [2.45, 2.75) is 50.6 Å². The largest absolute Gasteiger partial charge is 0.355 e. The van der Waals surface area contributed by atoms with Crippen LogP contribution in [-0.2, 0) is 32.6 Å². The van der Waals surface area contributed by atoms with Crippen LogP contribution in [0.1, 0.15) is 43.4 Å². The number of nitrogens with one attached hydrogen (secondary N) is 1. The summed E-state index contributed by atoms with van der Waals surface area (Å²) in [6, 6.07) is 31.4. The van der Waals surface area contributed by atoms with Gasteiger partial charge in [0.15, 0.2) is 0 Å². The molecular formula is C35H38BrN3O4S. The van der Waals surface area contributed by atoms with Crippen molar-refractivity contribution in [2.75, 3.05) is 17.4 Å². The lowest BCUT2D eigenvalue weighted by Gasteiger charge is -2.34. The minimum Gasteiger partial charge on any atom is -0.355 e. The normalized spacial score (nSPS) is 12.0. The number of halogens is 1. The van der Waals surface area contributed by atoms with E-state index in [4.69, 9.17) is 0 Å². The number of sulfonamides is 1. The summed E-state index contributed by atoms with van der Waals surface area (Å²) >= 11 is 3.50. The monoisotopic (exact) mass is 675 g/mol. The van der Waals surface area contributed by atoms with E-state index >= 15 is 0 Å². The van der Waals surface area contributed by atoms with E-state index in [9.17, 15) is 18.0 Å². The van der Waals surface area contributed by atoms with Gasteiger partial charge in [0.05, 0.1) is 10.6 Å². The van der Waals surface area contributed by atoms with Gasteiger partial charge in [-0.1, -0.05) is 103 Å². The lowest BCUT2D eigenvalue weighted by molar-refractivity contribution is -0.140. The molecule has 0 fully saturated rings. The van der Waals surface area contributed by atoms with E-state index in [0.717, 1.165) is 25.5 Å². The number of likely N-dealkylation sites (N-methyl/N-ethyl adjacent to an activating group) is 1. The van der Waals surface area contributed by atoms with Crippen molar-refractivity contribution >= 4 is 43.5 Å². The summed E-state index contributed by atoms with van der Waals surface area (Å²) < 4.78 is 30.1. The lowest BCUT2D eigenvalue weighted by Crippen LogP contribution is -2.53. The molecule has 0 radical (unpaired) electrons. The van der Waals surface area contributed by atoms with Crippen molar-refractivity contribution < 1.29 is 18.0 Å². The Morgan fingerprint density at radius 2 is 1.43 bits per heavy atom. The average molecular weight is 677 g/mol. The first-order chi connectivity index (χ1) is 21.1. The number of hydrogen-bond acceptors (Lipinski definition) is 4. The predicted octanol–water partition coefficient (Wildman–Crippen LogP) is 6.54. The van der Waals surface area contributed by atoms with Gasteiger partial charge in [-0.05, 0) is 65.9 Å². The van der Waals surface area contributed by atoms with E-state index in [0.29, 0.717) is 12.2 Å². The molecule has 0 saturated heterocycles. The highest BCUT2D eigenvalue weighted by Crippen LogP contribution is 2.27. The first-order valence-electron chi connectivity index (χ1n) is 14.6. The van der Waals surface area contributed by atoms with Crippen LogP contribution >= 0.6 is 15.9 Å². The molecule has 0 aliphatic carbocycles. The van der Waals surface area contributed by atoms with Crippen LogP contribution in [0.15, 0.2) is 119 Å². The topological polar surface area (TPSA) is 86.8 Å². The Labute approximate surface area is 269 Å². The zero-order chi connectivity index (χ0) is 31.7. The zero-order valence-electron chi connectivity index (χ0n) is 25.2.